The molecular weight excluding hydrogens is 292 g/mol. The van der Waals surface area contributed by atoms with Gasteiger partial charge in [-0.3, -0.25) is 0 Å². The third kappa shape index (κ3) is 3.30. The highest BCUT2D eigenvalue weighted by Gasteiger charge is 2.25. The molecule has 8 nitrogen and oxygen atoms in total. The van der Waals surface area contributed by atoms with Crippen molar-refractivity contribution in [1.29, 1.82) is 0 Å². The fourth-order valence-electron chi connectivity index (χ4n) is 1.86. The molecule has 0 amide bonds. The highest BCUT2D eigenvalue weighted by atomic mass is 32.2. The lowest BCUT2D eigenvalue weighted by molar-refractivity contribution is 0.602. The smallest absolute Gasteiger partial charge is 0.182 e. The van der Waals surface area contributed by atoms with Gasteiger partial charge in [0.1, 0.15) is 5.82 Å². The molecule has 2 heterocycles. The number of nitrogens with two attached hydrogens (primary N) is 1. The van der Waals surface area contributed by atoms with Crippen molar-refractivity contribution >= 4 is 21.5 Å². The lowest BCUT2D eigenvalue weighted by Crippen LogP contribution is -2.08. The first-order valence-corrected chi connectivity index (χ1v) is 8.44. The average Bonchev–Trinajstić information content (AvgIpc) is 2.77. The molecule has 21 heavy (non-hydrogen) atoms. The monoisotopic (exact) mass is 310 g/mol. The summed E-state index contributed by atoms with van der Waals surface area (Å²) >= 11 is 0. The van der Waals surface area contributed by atoms with Crippen molar-refractivity contribution in [3.05, 3.63) is 18.3 Å². The molecular formula is C12H18N6O2S. The molecule has 0 aromatic carbocycles. The Morgan fingerprint density at radius 1 is 1.43 bits per heavy atom. The van der Waals surface area contributed by atoms with Crippen LogP contribution in [0.3, 0.4) is 0 Å². The summed E-state index contributed by atoms with van der Waals surface area (Å²) in [6.07, 6.45) is 4.51. The quantitative estimate of drug-likeness (QED) is 0.760. The minimum Gasteiger partial charge on any atom is -0.382 e. The number of unbranched alkanes of at least 4 members (excludes halogenated alkanes) is 1. The summed E-state index contributed by atoms with van der Waals surface area (Å²) in [5.74, 6) is 0.634. The van der Waals surface area contributed by atoms with Gasteiger partial charge in [0, 0.05) is 19.0 Å². The number of anilines is 2. The summed E-state index contributed by atoms with van der Waals surface area (Å²) in [4.78, 5) is -0.00995. The van der Waals surface area contributed by atoms with Gasteiger partial charge in [-0.1, -0.05) is 13.3 Å². The summed E-state index contributed by atoms with van der Waals surface area (Å²) in [6, 6.07) is 3.33. The summed E-state index contributed by atoms with van der Waals surface area (Å²) < 4.78 is 25.2. The highest BCUT2D eigenvalue weighted by Crippen LogP contribution is 2.28. The molecule has 0 aliphatic rings. The third-order valence-electron chi connectivity index (χ3n) is 2.84. The molecule has 2 rings (SSSR count). The van der Waals surface area contributed by atoms with Crippen LogP contribution in [0.1, 0.15) is 19.8 Å². The summed E-state index contributed by atoms with van der Waals surface area (Å²) in [5.41, 5.74) is 5.94. The van der Waals surface area contributed by atoms with Crippen LogP contribution in [0.15, 0.2) is 23.2 Å². The fourth-order valence-corrected chi connectivity index (χ4v) is 2.79. The molecule has 0 spiro atoms. The van der Waals surface area contributed by atoms with Gasteiger partial charge in [0.05, 0.1) is 0 Å². The number of hydrogen-bond acceptors (Lipinski definition) is 7. The summed E-state index contributed by atoms with van der Waals surface area (Å²) in [5, 5.41) is 14.9. The molecule has 0 fully saturated rings. The van der Waals surface area contributed by atoms with E-state index in [1.165, 1.54) is 10.9 Å². The third-order valence-corrected chi connectivity index (χ3v) is 3.99. The number of nitrogen functional groups attached to an aromatic ring is 1. The van der Waals surface area contributed by atoms with Crippen LogP contribution in [0, 0.1) is 0 Å². The van der Waals surface area contributed by atoms with Crippen LogP contribution in [-0.4, -0.2) is 41.2 Å². The van der Waals surface area contributed by atoms with E-state index < -0.39 is 9.84 Å². The van der Waals surface area contributed by atoms with Crippen LogP contribution in [0.2, 0.25) is 0 Å². The molecule has 0 radical (unpaired) electrons. The Labute approximate surface area is 123 Å². The normalized spacial score (nSPS) is 11.5. The van der Waals surface area contributed by atoms with Gasteiger partial charge in [-0.05, 0) is 18.6 Å². The van der Waals surface area contributed by atoms with E-state index in [9.17, 15) is 8.42 Å². The van der Waals surface area contributed by atoms with Crippen molar-refractivity contribution in [3.63, 3.8) is 0 Å². The number of rotatable bonds is 6. The Morgan fingerprint density at radius 2 is 2.19 bits per heavy atom. The van der Waals surface area contributed by atoms with Gasteiger partial charge in [0.15, 0.2) is 26.4 Å². The van der Waals surface area contributed by atoms with E-state index in [-0.39, 0.29) is 16.5 Å². The molecule has 0 aliphatic heterocycles. The van der Waals surface area contributed by atoms with Gasteiger partial charge in [-0.2, -0.15) is 9.78 Å². The predicted octanol–water partition coefficient (Wildman–Crippen LogP) is 0.860. The van der Waals surface area contributed by atoms with Crippen LogP contribution in [0.4, 0.5) is 11.6 Å². The Bertz CT molecular complexity index is 711. The van der Waals surface area contributed by atoms with Crippen LogP contribution < -0.4 is 11.1 Å². The maximum absolute atomic E-state index is 11.9. The molecule has 0 aliphatic carbocycles. The van der Waals surface area contributed by atoms with Gasteiger partial charge in [-0.25, -0.2) is 8.42 Å². The lowest BCUT2D eigenvalue weighted by Gasteiger charge is -2.03. The second kappa shape index (κ2) is 6.08. The zero-order valence-electron chi connectivity index (χ0n) is 11.9. The van der Waals surface area contributed by atoms with Gasteiger partial charge in [-0.15, -0.1) is 10.2 Å². The van der Waals surface area contributed by atoms with Crippen molar-refractivity contribution in [3.8, 4) is 5.82 Å². The SMILES string of the molecule is CCCCNc1nn(-c2cccnn2)c(N)c1S(C)(=O)=O. The van der Waals surface area contributed by atoms with Crippen molar-refractivity contribution in [2.45, 2.75) is 24.7 Å². The van der Waals surface area contributed by atoms with E-state index in [1.807, 2.05) is 6.92 Å². The molecule has 0 bridgehead atoms. The average molecular weight is 310 g/mol. The Morgan fingerprint density at radius 3 is 2.76 bits per heavy atom. The lowest BCUT2D eigenvalue weighted by atomic mass is 10.3. The Hall–Kier alpha value is -2.16. The van der Waals surface area contributed by atoms with Gasteiger partial charge < -0.3 is 11.1 Å². The molecule has 2 aromatic rings. The second-order valence-corrected chi connectivity index (χ2v) is 6.56. The minimum absolute atomic E-state index is 0.00995. The maximum atomic E-state index is 11.9. The standard InChI is InChI=1S/C12H18N6O2S/c1-3-4-7-14-12-10(21(2,19)20)11(13)18(17-12)9-6-5-8-15-16-9/h5-6,8H,3-4,7,13H2,1-2H3,(H,14,17). The zero-order valence-corrected chi connectivity index (χ0v) is 12.8. The predicted molar refractivity (Wildman–Crippen MR) is 80.1 cm³/mol. The van der Waals surface area contributed by atoms with Crippen molar-refractivity contribution < 1.29 is 8.42 Å². The van der Waals surface area contributed by atoms with E-state index >= 15 is 0 Å². The van der Waals surface area contributed by atoms with Crippen LogP contribution in [0.5, 0.6) is 0 Å². The van der Waals surface area contributed by atoms with E-state index in [4.69, 9.17) is 5.73 Å². The first-order valence-electron chi connectivity index (χ1n) is 6.55. The Kier molecular flexibility index (Phi) is 4.41. The molecule has 0 saturated carbocycles. The molecule has 0 atom stereocenters. The molecule has 0 unspecified atom stereocenters. The van der Waals surface area contributed by atoms with Gasteiger partial charge in [0.2, 0.25) is 0 Å². The molecule has 0 saturated heterocycles. The Balaban J connectivity index is 2.50. The van der Waals surface area contributed by atoms with Crippen molar-refractivity contribution in [2.75, 3.05) is 23.9 Å². The number of sulfone groups is 1. The van der Waals surface area contributed by atoms with Crippen molar-refractivity contribution in [1.82, 2.24) is 20.0 Å². The number of hydrogen-bond donors (Lipinski definition) is 2. The van der Waals surface area contributed by atoms with Crippen LogP contribution >= 0.6 is 0 Å². The molecule has 9 heteroatoms. The first-order chi connectivity index (χ1) is 9.95. The minimum atomic E-state index is -3.51. The van der Waals surface area contributed by atoms with E-state index in [1.54, 1.807) is 12.1 Å². The number of nitrogens with zero attached hydrogens (tertiary/aromatic N) is 4. The second-order valence-electron chi connectivity index (χ2n) is 4.61. The van der Waals surface area contributed by atoms with Gasteiger partial charge in [0.25, 0.3) is 0 Å². The number of nitrogens with one attached hydrogen (secondary N) is 1. The first kappa shape index (κ1) is 15.2. The van der Waals surface area contributed by atoms with E-state index in [0.717, 1.165) is 19.1 Å². The molecule has 114 valence electrons. The fraction of sp³-hybridized carbons (Fsp3) is 0.417. The molecule has 3 N–H and O–H groups in total. The largest absolute Gasteiger partial charge is 0.382 e. The highest BCUT2D eigenvalue weighted by molar-refractivity contribution is 7.91. The summed E-state index contributed by atoms with van der Waals surface area (Å²) in [6.45, 7) is 2.67. The van der Waals surface area contributed by atoms with Crippen LogP contribution in [-0.2, 0) is 9.84 Å². The topological polar surface area (TPSA) is 116 Å². The zero-order chi connectivity index (χ0) is 15.5. The summed E-state index contributed by atoms with van der Waals surface area (Å²) in [7, 11) is -3.51. The van der Waals surface area contributed by atoms with E-state index in [2.05, 4.69) is 20.6 Å². The molecule has 2 aromatic heterocycles. The maximum Gasteiger partial charge on any atom is 0.182 e. The number of aromatic nitrogens is 4. The van der Waals surface area contributed by atoms with Crippen LogP contribution in [0.25, 0.3) is 5.82 Å². The van der Waals surface area contributed by atoms with Crippen molar-refractivity contribution in [2.24, 2.45) is 0 Å². The van der Waals surface area contributed by atoms with E-state index in [0.29, 0.717) is 12.4 Å². The van der Waals surface area contributed by atoms with Gasteiger partial charge >= 0.3 is 0 Å².